The number of rotatable bonds is 7. The molecule has 1 atom stereocenters. The number of aliphatic imine (C=N–C) groups is 1. The lowest BCUT2D eigenvalue weighted by atomic mass is 10.1. The Morgan fingerprint density at radius 3 is 2.47 bits per heavy atom. The first-order chi connectivity index (χ1) is 16.1. The molecular formula is C23H25N5O6. The van der Waals surface area contributed by atoms with E-state index in [1.165, 1.54) is 10.9 Å². The van der Waals surface area contributed by atoms with E-state index in [1.807, 2.05) is 30.3 Å². The molecule has 1 aromatic heterocycles. The van der Waals surface area contributed by atoms with Gasteiger partial charge in [0.15, 0.2) is 0 Å². The Morgan fingerprint density at radius 2 is 1.85 bits per heavy atom. The van der Waals surface area contributed by atoms with Gasteiger partial charge in [-0.3, -0.25) is 4.52 Å². The maximum Gasteiger partial charge on any atom is 0.408 e. The largest absolute Gasteiger partial charge is 0.846 e. The highest BCUT2D eigenvalue weighted by molar-refractivity contribution is 5.87. The summed E-state index contributed by atoms with van der Waals surface area (Å²) in [5.41, 5.74) is 1.09. The van der Waals surface area contributed by atoms with Crippen LogP contribution in [0.15, 0.2) is 70.3 Å². The number of carbonyl (C=O) groups is 2. The number of nitrogens with zero attached hydrogens (tertiary/aromatic N) is 3. The Morgan fingerprint density at radius 1 is 1.18 bits per heavy atom. The quantitative estimate of drug-likeness (QED) is 0.271. The van der Waals surface area contributed by atoms with Crippen molar-refractivity contribution >= 4 is 29.7 Å². The minimum absolute atomic E-state index is 0.0236. The van der Waals surface area contributed by atoms with E-state index >= 15 is 0 Å². The van der Waals surface area contributed by atoms with Gasteiger partial charge in [0.1, 0.15) is 11.6 Å². The van der Waals surface area contributed by atoms with Crippen LogP contribution >= 0.6 is 0 Å². The highest BCUT2D eigenvalue weighted by Gasteiger charge is 2.24. The molecule has 0 bridgehead atoms. The van der Waals surface area contributed by atoms with E-state index in [0.717, 1.165) is 5.69 Å². The van der Waals surface area contributed by atoms with Crippen LogP contribution in [0, 0.1) is 0 Å². The number of hydrogen-bond acceptors (Lipinski definition) is 7. The van der Waals surface area contributed by atoms with Crippen molar-refractivity contribution in [3.63, 3.8) is 0 Å². The zero-order chi connectivity index (χ0) is 24.7. The fourth-order valence-electron chi connectivity index (χ4n) is 2.85. The third-order valence-corrected chi connectivity index (χ3v) is 4.32. The number of amidine groups is 1. The molecule has 0 aliphatic rings. The molecular weight excluding hydrogens is 442 g/mol. The van der Waals surface area contributed by atoms with Crippen molar-refractivity contribution in [2.75, 3.05) is 5.32 Å². The summed E-state index contributed by atoms with van der Waals surface area (Å²) in [5, 5.41) is 30.4. The highest BCUT2D eigenvalue weighted by Crippen LogP contribution is 2.14. The van der Waals surface area contributed by atoms with Gasteiger partial charge in [-0.25, -0.2) is 14.6 Å². The zero-order valence-electron chi connectivity index (χ0n) is 18.9. The first-order valence-electron chi connectivity index (χ1n) is 10.4. The summed E-state index contributed by atoms with van der Waals surface area (Å²) in [6.45, 7) is 5.06. The van der Waals surface area contributed by atoms with Crippen LogP contribution in [0.3, 0.4) is 0 Å². The van der Waals surface area contributed by atoms with Crippen LogP contribution < -0.4 is 20.4 Å². The van der Waals surface area contributed by atoms with Gasteiger partial charge >= 0.3 is 17.9 Å². The summed E-state index contributed by atoms with van der Waals surface area (Å²) >= 11 is 0. The van der Waals surface area contributed by atoms with Crippen LogP contribution in [0.25, 0.3) is 5.69 Å². The lowest BCUT2D eigenvalue weighted by Crippen LogP contribution is -2.44. The molecule has 0 spiro atoms. The average molecular weight is 467 g/mol. The molecule has 34 heavy (non-hydrogen) atoms. The van der Waals surface area contributed by atoms with Gasteiger partial charge in [0.05, 0.1) is 6.02 Å². The molecule has 0 aliphatic carbocycles. The molecule has 3 rings (SSSR count). The van der Waals surface area contributed by atoms with Crippen LogP contribution in [-0.2, 0) is 16.0 Å². The van der Waals surface area contributed by atoms with Gasteiger partial charge in [0.2, 0.25) is 11.0 Å². The number of benzene rings is 2. The number of aliphatic carboxylic acids is 1. The predicted molar refractivity (Wildman–Crippen MR) is 120 cm³/mol. The summed E-state index contributed by atoms with van der Waals surface area (Å²) in [6.07, 6.45) is 0.693. The van der Waals surface area contributed by atoms with Gasteiger partial charge in [-0.15, -0.1) is 0 Å². The minimum Gasteiger partial charge on any atom is -0.846 e. The summed E-state index contributed by atoms with van der Waals surface area (Å²) in [4.78, 5) is 27.2. The van der Waals surface area contributed by atoms with E-state index < -0.39 is 29.7 Å². The first kappa shape index (κ1) is 24.2. The van der Waals surface area contributed by atoms with E-state index in [9.17, 15) is 19.8 Å². The van der Waals surface area contributed by atoms with E-state index in [4.69, 9.17) is 9.26 Å². The van der Waals surface area contributed by atoms with Crippen LogP contribution in [-0.4, -0.2) is 40.1 Å². The molecule has 178 valence electrons. The Bertz CT molecular complexity index is 1150. The molecule has 0 saturated heterocycles. The third kappa shape index (κ3) is 7.33. The van der Waals surface area contributed by atoms with E-state index in [0.29, 0.717) is 11.3 Å². The van der Waals surface area contributed by atoms with E-state index in [2.05, 4.69) is 20.9 Å². The van der Waals surface area contributed by atoms with Crippen molar-refractivity contribution in [3.05, 3.63) is 66.4 Å². The Hall–Kier alpha value is -4.41. The van der Waals surface area contributed by atoms with Gasteiger partial charge in [-0.1, -0.05) is 30.3 Å². The molecule has 0 unspecified atom stereocenters. The maximum absolute atomic E-state index is 12.2. The number of carboxylic acid groups (broad SMARTS) is 1. The second-order valence-corrected chi connectivity index (χ2v) is 8.30. The molecule has 1 heterocycles. The Kier molecular flexibility index (Phi) is 7.46. The summed E-state index contributed by atoms with van der Waals surface area (Å²) in [5.74, 6) is -1.17. The number of nitrogens with one attached hydrogen (secondary N) is 2. The summed E-state index contributed by atoms with van der Waals surface area (Å²) in [7, 11) is 0. The fraction of sp³-hybridized carbons (Fsp3) is 0.261. The number of alkyl carbamates (subject to hydrolysis) is 1. The smallest absolute Gasteiger partial charge is 0.408 e. The van der Waals surface area contributed by atoms with E-state index in [-0.39, 0.29) is 12.3 Å². The van der Waals surface area contributed by atoms with Gasteiger partial charge < -0.3 is 25.6 Å². The van der Waals surface area contributed by atoms with Crippen LogP contribution in [0.5, 0.6) is 0 Å². The first-order valence-corrected chi connectivity index (χ1v) is 10.4. The van der Waals surface area contributed by atoms with Crippen molar-refractivity contribution in [1.29, 1.82) is 0 Å². The molecule has 3 N–H and O–H groups in total. The lowest BCUT2D eigenvalue weighted by Gasteiger charge is -2.22. The summed E-state index contributed by atoms with van der Waals surface area (Å²) < 4.78 is 11.6. The number of carbonyl (C=O) groups excluding carboxylic acids is 1. The number of ether oxygens (including phenoxy) is 1. The molecule has 0 radical (unpaired) electrons. The number of hydrogen-bond donors (Lipinski definition) is 3. The predicted octanol–water partition coefficient (Wildman–Crippen LogP) is 1.93. The monoisotopic (exact) mass is 467 g/mol. The standard InChI is InChI=1S/C23H25N5O6/c1-23(2,3)33-22(32)25-18(20(29)30)13-15-9-11-16(12-10-15)24-21(31)26-19-14-28(27-34-19)17-7-5-4-6-8-17/h4-12,14,18H,13H2,1-3H3,(H3-,24,25,26,27,29,30,31,32)/t18-/m0/s1. The van der Waals surface area contributed by atoms with Crippen LogP contribution in [0.4, 0.5) is 16.4 Å². The molecule has 2 aromatic carbocycles. The average Bonchev–Trinajstić information content (AvgIpc) is 3.22. The van der Waals surface area contributed by atoms with Gasteiger partial charge in [0, 0.05) is 24.2 Å². The lowest BCUT2D eigenvalue weighted by molar-refractivity contribution is -0.670. The van der Waals surface area contributed by atoms with Crippen molar-refractivity contribution in [2.45, 2.75) is 38.8 Å². The second-order valence-electron chi connectivity index (χ2n) is 8.30. The normalized spacial score (nSPS) is 12.6. The SMILES string of the molecule is CC(C)(C)OC(=O)N[C@@H](Cc1ccc(N/C([O-])=N/c2c[n+](-c3ccccc3)no2)cc1)C(=O)O. The van der Waals surface area contributed by atoms with Crippen LogP contribution in [0.1, 0.15) is 26.3 Å². The second kappa shape index (κ2) is 10.5. The minimum atomic E-state index is -1.19. The number of amides is 1. The number of anilines is 1. The highest BCUT2D eigenvalue weighted by atomic mass is 16.6. The van der Waals surface area contributed by atoms with Crippen molar-refractivity contribution < 1.29 is 33.7 Å². The van der Waals surface area contributed by atoms with Gasteiger partial charge in [-0.2, -0.15) is 0 Å². The molecule has 0 saturated carbocycles. The van der Waals surface area contributed by atoms with Crippen molar-refractivity contribution in [2.24, 2.45) is 4.99 Å². The zero-order valence-corrected chi connectivity index (χ0v) is 18.9. The Balaban J connectivity index is 1.60. The molecule has 0 aliphatic heterocycles. The van der Waals surface area contributed by atoms with E-state index in [1.54, 1.807) is 45.0 Å². The topological polar surface area (TPSA) is 153 Å². The molecule has 11 nitrogen and oxygen atoms in total. The fourth-order valence-corrected chi connectivity index (χ4v) is 2.85. The number of carboxylic acids is 1. The van der Waals surface area contributed by atoms with Crippen molar-refractivity contribution in [1.82, 2.24) is 10.6 Å². The van der Waals surface area contributed by atoms with Crippen molar-refractivity contribution in [3.8, 4) is 5.69 Å². The molecule has 11 heteroatoms. The maximum atomic E-state index is 12.2. The molecule has 1 amide bonds. The van der Waals surface area contributed by atoms with Gasteiger partial charge in [-0.05, 0) is 43.1 Å². The van der Waals surface area contributed by atoms with Gasteiger partial charge in [0.25, 0.3) is 6.20 Å². The number of para-hydroxylation sites is 1. The Labute approximate surface area is 195 Å². The van der Waals surface area contributed by atoms with Crippen LogP contribution in [0.2, 0.25) is 0 Å². The number of aromatic nitrogens is 2. The third-order valence-electron chi connectivity index (χ3n) is 4.32. The summed E-state index contributed by atoms with van der Waals surface area (Å²) in [6, 6.07) is 13.8. The molecule has 3 aromatic rings. The molecule has 0 fully saturated rings.